The Bertz CT molecular complexity index is 819. The van der Waals surface area contributed by atoms with E-state index in [9.17, 15) is 14.7 Å². The van der Waals surface area contributed by atoms with E-state index < -0.39 is 0 Å². The predicted octanol–water partition coefficient (Wildman–Crippen LogP) is 4.61. The van der Waals surface area contributed by atoms with Gasteiger partial charge in [-0.25, -0.2) is 0 Å². The van der Waals surface area contributed by atoms with Crippen LogP contribution in [-0.2, 0) is 0 Å². The fraction of sp³-hybridized carbons (Fsp3) is 0.222. The standard InChI is InChI=1S/C18H18O4/c1-5-7-12-13(10(3)19)9-14-17(21)15(8-6-2)22-18(14)16(12)11(4)20/h5-9,21H,1-4H3. The number of rotatable bonds is 4. The van der Waals surface area contributed by atoms with Gasteiger partial charge in [0.1, 0.15) is 5.58 Å². The summed E-state index contributed by atoms with van der Waals surface area (Å²) in [7, 11) is 0. The molecule has 22 heavy (non-hydrogen) atoms. The van der Waals surface area contributed by atoms with Crippen LogP contribution < -0.4 is 0 Å². The second-order valence-electron chi connectivity index (χ2n) is 5.02. The van der Waals surface area contributed by atoms with Crippen molar-refractivity contribution in [2.24, 2.45) is 0 Å². The lowest BCUT2D eigenvalue weighted by Gasteiger charge is -2.09. The van der Waals surface area contributed by atoms with Gasteiger partial charge in [0.15, 0.2) is 23.1 Å². The molecule has 0 amide bonds. The summed E-state index contributed by atoms with van der Waals surface area (Å²) in [6, 6.07) is 1.57. The number of carbonyl (C=O) groups is 2. The molecule has 1 N–H and O–H groups in total. The van der Waals surface area contributed by atoms with Crippen molar-refractivity contribution in [1.29, 1.82) is 0 Å². The van der Waals surface area contributed by atoms with Crippen molar-refractivity contribution in [1.82, 2.24) is 0 Å². The second kappa shape index (κ2) is 6.02. The number of aromatic hydroxyl groups is 1. The maximum atomic E-state index is 12.1. The molecule has 4 nitrogen and oxygen atoms in total. The van der Waals surface area contributed by atoms with Gasteiger partial charge in [0, 0.05) is 5.56 Å². The Balaban J connectivity index is 3.03. The summed E-state index contributed by atoms with van der Waals surface area (Å²) in [5.41, 5.74) is 1.53. The van der Waals surface area contributed by atoms with E-state index >= 15 is 0 Å². The highest BCUT2D eigenvalue weighted by Crippen LogP contribution is 2.38. The molecule has 1 aromatic carbocycles. The van der Waals surface area contributed by atoms with E-state index in [1.54, 1.807) is 37.3 Å². The topological polar surface area (TPSA) is 67.5 Å². The molecule has 0 spiro atoms. The molecule has 1 aromatic heterocycles. The van der Waals surface area contributed by atoms with E-state index in [-0.39, 0.29) is 23.1 Å². The van der Waals surface area contributed by atoms with Gasteiger partial charge < -0.3 is 9.52 Å². The maximum Gasteiger partial charge on any atom is 0.169 e. The lowest BCUT2D eigenvalue weighted by Crippen LogP contribution is -2.04. The van der Waals surface area contributed by atoms with Gasteiger partial charge in [-0.3, -0.25) is 9.59 Å². The van der Waals surface area contributed by atoms with Gasteiger partial charge in [0.25, 0.3) is 0 Å². The molecule has 1 heterocycles. The van der Waals surface area contributed by atoms with Crippen LogP contribution in [0.1, 0.15) is 59.7 Å². The highest BCUT2D eigenvalue weighted by Gasteiger charge is 2.23. The number of Topliss-reactive ketones (excluding diaryl/α,β-unsaturated/α-hetero) is 2. The molecular formula is C18H18O4. The predicted molar refractivity (Wildman–Crippen MR) is 87.3 cm³/mol. The van der Waals surface area contributed by atoms with Gasteiger partial charge in [-0.1, -0.05) is 18.2 Å². The molecule has 0 saturated heterocycles. The van der Waals surface area contributed by atoms with E-state index in [1.165, 1.54) is 13.8 Å². The monoisotopic (exact) mass is 298 g/mol. The molecule has 2 rings (SSSR count). The normalized spacial score (nSPS) is 11.8. The van der Waals surface area contributed by atoms with E-state index in [0.717, 1.165) is 0 Å². The quantitative estimate of drug-likeness (QED) is 0.837. The van der Waals surface area contributed by atoms with Crippen molar-refractivity contribution in [3.8, 4) is 5.75 Å². The number of ketones is 2. The van der Waals surface area contributed by atoms with Crippen LogP contribution in [-0.4, -0.2) is 16.7 Å². The molecule has 0 fully saturated rings. The van der Waals surface area contributed by atoms with Crippen LogP contribution in [0.3, 0.4) is 0 Å². The lowest BCUT2D eigenvalue weighted by molar-refractivity contribution is 0.101. The second-order valence-corrected chi connectivity index (χ2v) is 5.02. The van der Waals surface area contributed by atoms with Crippen molar-refractivity contribution >= 4 is 34.7 Å². The van der Waals surface area contributed by atoms with Gasteiger partial charge in [-0.15, -0.1) is 0 Å². The number of hydrogen-bond acceptors (Lipinski definition) is 4. The van der Waals surface area contributed by atoms with Crippen molar-refractivity contribution in [2.75, 3.05) is 0 Å². The molecule has 0 bridgehead atoms. The zero-order valence-electron chi connectivity index (χ0n) is 13.1. The highest BCUT2D eigenvalue weighted by molar-refractivity contribution is 6.14. The zero-order valence-corrected chi connectivity index (χ0v) is 13.1. The average molecular weight is 298 g/mol. The highest BCUT2D eigenvalue weighted by atomic mass is 16.4. The first-order valence-corrected chi connectivity index (χ1v) is 7.02. The summed E-state index contributed by atoms with van der Waals surface area (Å²) in [6.45, 7) is 6.45. The average Bonchev–Trinajstić information content (AvgIpc) is 2.75. The van der Waals surface area contributed by atoms with Crippen LogP contribution in [0.4, 0.5) is 0 Å². The van der Waals surface area contributed by atoms with Gasteiger partial charge in [0.2, 0.25) is 0 Å². The van der Waals surface area contributed by atoms with Crippen LogP contribution in [0.25, 0.3) is 23.1 Å². The third-order valence-corrected chi connectivity index (χ3v) is 3.40. The van der Waals surface area contributed by atoms with Gasteiger partial charge in [-0.2, -0.15) is 0 Å². The Hall–Kier alpha value is -2.62. The molecule has 0 saturated carbocycles. The van der Waals surface area contributed by atoms with Crippen molar-refractivity contribution in [3.63, 3.8) is 0 Å². The number of fused-ring (bicyclic) bond motifs is 1. The lowest BCUT2D eigenvalue weighted by atomic mass is 9.93. The molecule has 4 heteroatoms. The maximum absolute atomic E-state index is 12.1. The Kier molecular flexibility index (Phi) is 4.31. The van der Waals surface area contributed by atoms with Crippen molar-refractivity contribution < 1.29 is 19.1 Å². The Morgan fingerprint density at radius 3 is 2.23 bits per heavy atom. The smallest absolute Gasteiger partial charge is 0.169 e. The number of allylic oxidation sites excluding steroid dienone is 2. The van der Waals surface area contributed by atoms with Crippen LogP contribution in [0.5, 0.6) is 5.75 Å². The molecule has 0 aliphatic rings. The first-order chi connectivity index (χ1) is 10.4. The van der Waals surface area contributed by atoms with Gasteiger partial charge >= 0.3 is 0 Å². The number of benzene rings is 1. The van der Waals surface area contributed by atoms with E-state index in [0.29, 0.717) is 27.7 Å². The first kappa shape index (κ1) is 15.8. The Morgan fingerprint density at radius 2 is 1.73 bits per heavy atom. The SMILES string of the molecule is CC=Cc1oc2c(C(C)=O)c(C=CC)c(C(C)=O)cc2c1O. The van der Waals surface area contributed by atoms with Gasteiger partial charge in [-0.05, 0) is 45.4 Å². The van der Waals surface area contributed by atoms with E-state index in [1.807, 2.05) is 6.92 Å². The Morgan fingerprint density at radius 1 is 1.09 bits per heavy atom. The fourth-order valence-electron chi connectivity index (χ4n) is 2.50. The summed E-state index contributed by atoms with van der Waals surface area (Å²) in [6.07, 6.45) is 6.81. The summed E-state index contributed by atoms with van der Waals surface area (Å²) in [4.78, 5) is 24.0. The number of furan rings is 1. The number of hydrogen-bond donors (Lipinski definition) is 1. The van der Waals surface area contributed by atoms with Crippen LogP contribution >= 0.6 is 0 Å². The number of carbonyl (C=O) groups excluding carboxylic acids is 2. The van der Waals surface area contributed by atoms with Gasteiger partial charge in [0.05, 0.1) is 10.9 Å². The third kappa shape index (κ3) is 2.48. The molecule has 0 atom stereocenters. The van der Waals surface area contributed by atoms with Crippen LogP contribution in [0, 0.1) is 0 Å². The zero-order chi connectivity index (χ0) is 16.4. The molecule has 0 aliphatic carbocycles. The minimum atomic E-state index is -0.220. The van der Waals surface area contributed by atoms with Crippen molar-refractivity contribution in [3.05, 3.63) is 40.7 Å². The van der Waals surface area contributed by atoms with E-state index in [2.05, 4.69) is 0 Å². The Labute approximate surface area is 128 Å². The largest absolute Gasteiger partial charge is 0.504 e. The van der Waals surface area contributed by atoms with Crippen molar-refractivity contribution in [2.45, 2.75) is 27.7 Å². The summed E-state index contributed by atoms with van der Waals surface area (Å²) < 4.78 is 5.65. The molecule has 114 valence electrons. The minimum absolute atomic E-state index is 0.0647. The molecule has 0 aliphatic heterocycles. The summed E-state index contributed by atoms with van der Waals surface area (Å²) >= 11 is 0. The molecule has 0 unspecified atom stereocenters. The summed E-state index contributed by atoms with van der Waals surface area (Å²) in [5, 5.41) is 10.6. The fourth-order valence-corrected chi connectivity index (χ4v) is 2.50. The summed E-state index contributed by atoms with van der Waals surface area (Å²) in [5.74, 6) is -0.190. The van der Waals surface area contributed by atoms with Crippen LogP contribution in [0.15, 0.2) is 22.6 Å². The minimum Gasteiger partial charge on any atom is -0.504 e. The first-order valence-electron chi connectivity index (χ1n) is 7.02. The molecular weight excluding hydrogens is 280 g/mol. The van der Waals surface area contributed by atoms with Crippen LogP contribution in [0.2, 0.25) is 0 Å². The third-order valence-electron chi connectivity index (χ3n) is 3.40. The van der Waals surface area contributed by atoms with E-state index in [4.69, 9.17) is 4.42 Å². The molecule has 0 radical (unpaired) electrons. The molecule has 2 aromatic rings.